The normalized spacial score (nSPS) is 17.1. The van der Waals surface area contributed by atoms with Crippen LogP contribution in [0.1, 0.15) is 32.8 Å². The number of aromatic nitrogens is 1. The van der Waals surface area contributed by atoms with Crippen LogP contribution in [-0.2, 0) is 10.4 Å². The number of nitrogens with zero attached hydrogens (tertiary/aromatic N) is 1. The summed E-state index contributed by atoms with van der Waals surface area (Å²) in [5.74, 6) is -2.35. The molecule has 0 saturated carbocycles. The number of aliphatic carboxylic acids is 1. The number of carbonyl (C=O) groups is 1. The molecule has 0 saturated heterocycles. The van der Waals surface area contributed by atoms with Crippen LogP contribution in [-0.4, -0.2) is 16.1 Å². The summed E-state index contributed by atoms with van der Waals surface area (Å²) in [4.78, 5) is 15.1. The van der Waals surface area contributed by atoms with Crippen molar-refractivity contribution in [2.75, 3.05) is 0 Å². The van der Waals surface area contributed by atoms with E-state index in [0.29, 0.717) is 12.0 Å². The molecular formula is C13H18NNaO3. The average molecular weight is 259 g/mol. The third kappa shape index (κ3) is 3.79. The van der Waals surface area contributed by atoms with Crippen LogP contribution in [0.25, 0.3) is 0 Å². The number of rotatable bonds is 5. The van der Waals surface area contributed by atoms with Gasteiger partial charge in [-0.1, -0.05) is 26.3 Å². The van der Waals surface area contributed by atoms with Gasteiger partial charge in [0.25, 0.3) is 0 Å². The molecule has 1 rings (SSSR count). The molecule has 0 bridgehead atoms. The van der Waals surface area contributed by atoms with Crippen molar-refractivity contribution in [2.24, 2.45) is 11.8 Å². The first-order valence-electron chi connectivity index (χ1n) is 5.75. The third-order valence-electron chi connectivity index (χ3n) is 3.32. The Hall–Kier alpha value is -0.420. The topological polar surface area (TPSA) is 73.2 Å². The molecular weight excluding hydrogens is 241 g/mol. The van der Waals surface area contributed by atoms with Gasteiger partial charge in [-0.15, -0.1) is 0 Å². The van der Waals surface area contributed by atoms with Crippen molar-refractivity contribution in [2.45, 2.75) is 32.8 Å². The third-order valence-corrected chi connectivity index (χ3v) is 3.32. The predicted molar refractivity (Wildman–Crippen MR) is 61.8 cm³/mol. The number of aliphatic hydroxyl groups is 1. The minimum atomic E-state index is -1.47. The average Bonchev–Trinajstić information content (AvgIpc) is 2.29. The zero-order valence-corrected chi connectivity index (χ0v) is 13.4. The number of carboxylic acid groups (broad SMARTS) is 1. The quantitative estimate of drug-likeness (QED) is 0.604. The van der Waals surface area contributed by atoms with Crippen molar-refractivity contribution < 1.29 is 44.6 Å². The van der Waals surface area contributed by atoms with Gasteiger partial charge in [-0.05, 0) is 18.9 Å². The molecule has 0 aliphatic heterocycles. The van der Waals surface area contributed by atoms with Crippen LogP contribution in [0.5, 0.6) is 0 Å². The first-order valence-corrected chi connectivity index (χ1v) is 5.75. The molecule has 0 aromatic carbocycles. The van der Waals surface area contributed by atoms with Crippen molar-refractivity contribution >= 4 is 5.97 Å². The molecule has 1 heterocycles. The van der Waals surface area contributed by atoms with Crippen LogP contribution in [0.15, 0.2) is 24.5 Å². The Kier molecular flexibility index (Phi) is 7.07. The maximum Gasteiger partial charge on any atom is 1.00 e. The van der Waals surface area contributed by atoms with E-state index in [1.54, 1.807) is 25.3 Å². The van der Waals surface area contributed by atoms with Gasteiger partial charge < -0.3 is 15.0 Å². The van der Waals surface area contributed by atoms with Gasteiger partial charge >= 0.3 is 29.6 Å². The van der Waals surface area contributed by atoms with Crippen LogP contribution in [0.3, 0.4) is 0 Å². The largest absolute Gasteiger partial charge is 1.00 e. The Labute approximate surface area is 130 Å². The fourth-order valence-corrected chi connectivity index (χ4v) is 2.09. The second kappa shape index (κ2) is 7.24. The number of carboxylic acids is 1. The van der Waals surface area contributed by atoms with Gasteiger partial charge in [0, 0.05) is 29.8 Å². The molecule has 1 aromatic rings. The van der Waals surface area contributed by atoms with Crippen molar-refractivity contribution in [3.63, 3.8) is 0 Å². The maximum absolute atomic E-state index is 11.2. The predicted octanol–water partition coefficient (Wildman–Crippen LogP) is -2.29. The van der Waals surface area contributed by atoms with E-state index in [9.17, 15) is 15.0 Å². The summed E-state index contributed by atoms with van der Waals surface area (Å²) in [5.41, 5.74) is -0.975. The molecule has 1 aromatic heterocycles. The molecule has 5 heteroatoms. The first kappa shape index (κ1) is 17.6. The van der Waals surface area contributed by atoms with E-state index < -0.39 is 17.5 Å². The number of hydrogen-bond donors (Lipinski definition) is 1. The standard InChI is InChI=1S/C13H19NO3.Na/c1-4-9(2)11(12(15)16)13(3,17)10-6-5-7-14-8-10;/h5-9,11,17H,4H2,1-3H3,(H,15,16);/q;+1/p-1. The monoisotopic (exact) mass is 259 g/mol. The molecule has 4 nitrogen and oxygen atoms in total. The summed E-state index contributed by atoms with van der Waals surface area (Å²) in [6.07, 6.45) is 3.73. The second-order valence-electron chi connectivity index (χ2n) is 4.57. The summed E-state index contributed by atoms with van der Waals surface area (Å²) in [6, 6.07) is 3.35. The summed E-state index contributed by atoms with van der Waals surface area (Å²) in [6.45, 7) is 5.18. The van der Waals surface area contributed by atoms with Gasteiger partial charge in [-0.2, -0.15) is 0 Å². The fraction of sp³-hybridized carbons (Fsp3) is 0.538. The maximum atomic E-state index is 11.2. The van der Waals surface area contributed by atoms with E-state index >= 15 is 0 Å². The minimum Gasteiger partial charge on any atom is -0.550 e. The Morgan fingerprint density at radius 2 is 2.22 bits per heavy atom. The van der Waals surface area contributed by atoms with Crippen LogP contribution < -0.4 is 34.7 Å². The Bertz CT molecular complexity index is 381. The van der Waals surface area contributed by atoms with Gasteiger partial charge in [0.05, 0.1) is 5.60 Å². The van der Waals surface area contributed by atoms with Gasteiger partial charge in [0.15, 0.2) is 0 Å². The minimum absolute atomic E-state index is 0. The summed E-state index contributed by atoms with van der Waals surface area (Å²) >= 11 is 0. The van der Waals surface area contributed by atoms with E-state index in [-0.39, 0.29) is 35.5 Å². The molecule has 0 radical (unpaired) electrons. The number of carbonyl (C=O) groups excluding carboxylic acids is 1. The summed E-state index contributed by atoms with van der Waals surface area (Å²) in [5, 5.41) is 21.7. The van der Waals surface area contributed by atoms with E-state index in [4.69, 9.17) is 0 Å². The van der Waals surface area contributed by atoms with Crippen LogP contribution >= 0.6 is 0 Å². The molecule has 0 aliphatic carbocycles. The Morgan fingerprint density at radius 3 is 2.61 bits per heavy atom. The fourth-order valence-electron chi connectivity index (χ4n) is 2.09. The van der Waals surface area contributed by atoms with E-state index in [2.05, 4.69) is 4.98 Å². The molecule has 0 fully saturated rings. The summed E-state index contributed by atoms with van der Waals surface area (Å²) < 4.78 is 0. The zero-order valence-electron chi connectivity index (χ0n) is 11.4. The van der Waals surface area contributed by atoms with Gasteiger partial charge in [0.1, 0.15) is 0 Å². The van der Waals surface area contributed by atoms with E-state index in [1.807, 2.05) is 6.92 Å². The molecule has 3 unspecified atom stereocenters. The summed E-state index contributed by atoms with van der Waals surface area (Å²) in [7, 11) is 0. The Morgan fingerprint density at radius 1 is 1.61 bits per heavy atom. The van der Waals surface area contributed by atoms with E-state index in [1.165, 1.54) is 13.1 Å². The van der Waals surface area contributed by atoms with Crippen LogP contribution in [0, 0.1) is 11.8 Å². The first-order chi connectivity index (χ1) is 7.91. The number of pyridine rings is 1. The smallest absolute Gasteiger partial charge is 0.550 e. The van der Waals surface area contributed by atoms with Crippen LogP contribution in [0.4, 0.5) is 0 Å². The van der Waals surface area contributed by atoms with Crippen molar-refractivity contribution in [1.82, 2.24) is 4.98 Å². The van der Waals surface area contributed by atoms with Crippen molar-refractivity contribution in [3.05, 3.63) is 30.1 Å². The number of hydrogen-bond acceptors (Lipinski definition) is 4. The van der Waals surface area contributed by atoms with Gasteiger partial charge in [0.2, 0.25) is 0 Å². The second-order valence-corrected chi connectivity index (χ2v) is 4.57. The molecule has 3 atom stereocenters. The van der Waals surface area contributed by atoms with Crippen LogP contribution in [0.2, 0.25) is 0 Å². The molecule has 0 spiro atoms. The SMILES string of the molecule is CCC(C)C(C(=O)[O-])C(C)(O)c1cccnc1.[Na+]. The molecule has 18 heavy (non-hydrogen) atoms. The molecule has 0 amide bonds. The molecule has 1 N–H and O–H groups in total. The van der Waals surface area contributed by atoms with Crippen molar-refractivity contribution in [1.29, 1.82) is 0 Å². The molecule has 94 valence electrons. The Balaban J connectivity index is 0.00000289. The van der Waals surface area contributed by atoms with Gasteiger partial charge in [-0.3, -0.25) is 4.98 Å². The van der Waals surface area contributed by atoms with Gasteiger partial charge in [-0.25, -0.2) is 0 Å². The van der Waals surface area contributed by atoms with Crippen molar-refractivity contribution in [3.8, 4) is 0 Å². The van der Waals surface area contributed by atoms with E-state index in [0.717, 1.165) is 0 Å². The molecule has 0 aliphatic rings. The zero-order chi connectivity index (χ0) is 13.1.